The van der Waals surface area contributed by atoms with Crippen LogP contribution in [0.15, 0.2) is 22.3 Å². The first-order valence-electron chi connectivity index (χ1n) is 12.0. The van der Waals surface area contributed by atoms with Crippen molar-refractivity contribution in [2.24, 2.45) is 29.6 Å². The Kier molecular flexibility index (Phi) is 18.5. The predicted octanol–water partition coefficient (Wildman–Crippen LogP) is 9.25. The molecule has 0 saturated carbocycles. The zero-order chi connectivity index (χ0) is 22.8. The minimum absolute atomic E-state index is 0. The number of nitrogens with zero attached hydrogens (tertiary/aromatic N) is 1. The quantitative estimate of drug-likeness (QED) is 0.437. The number of hydrogen-bond donors (Lipinski definition) is 0. The van der Waals surface area contributed by atoms with Crippen LogP contribution < -0.4 is 0 Å². The van der Waals surface area contributed by atoms with Gasteiger partial charge < -0.3 is 0 Å². The minimum Gasteiger partial charge on any atom is -0.293 e. The van der Waals surface area contributed by atoms with Crippen LogP contribution in [0, 0.1) is 29.6 Å². The van der Waals surface area contributed by atoms with Crippen LogP contribution in [0.3, 0.4) is 0 Å². The molecule has 1 aliphatic heterocycles. The summed E-state index contributed by atoms with van der Waals surface area (Å²) < 4.78 is 0. The fourth-order valence-electron chi connectivity index (χ4n) is 3.73. The molecule has 1 aliphatic rings. The zero-order valence-electron chi connectivity index (χ0n) is 22.3. The molecule has 1 rings (SSSR count). The van der Waals surface area contributed by atoms with Crippen molar-refractivity contribution in [1.29, 1.82) is 0 Å². The van der Waals surface area contributed by atoms with Gasteiger partial charge in [0.25, 0.3) is 0 Å². The molecule has 1 heterocycles. The lowest BCUT2D eigenvalue weighted by Crippen LogP contribution is -2.35. The van der Waals surface area contributed by atoms with Crippen molar-refractivity contribution in [3.8, 4) is 0 Å². The summed E-state index contributed by atoms with van der Waals surface area (Å²) >= 11 is 0. The van der Waals surface area contributed by atoms with Crippen molar-refractivity contribution in [3.63, 3.8) is 0 Å². The van der Waals surface area contributed by atoms with Gasteiger partial charge in [0.05, 0.1) is 0 Å². The van der Waals surface area contributed by atoms with E-state index in [0.29, 0.717) is 29.7 Å². The first kappa shape index (κ1) is 33.1. The van der Waals surface area contributed by atoms with Gasteiger partial charge in [-0.1, -0.05) is 97.4 Å². The molecule has 0 fully saturated rings. The molecule has 0 aromatic rings. The van der Waals surface area contributed by atoms with E-state index in [1.54, 1.807) is 22.3 Å². The number of hydrogen-bond acceptors (Lipinski definition) is 1. The maximum Gasteiger partial charge on any atom is 0.0207 e. The third-order valence-electron chi connectivity index (χ3n) is 5.01. The summed E-state index contributed by atoms with van der Waals surface area (Å²) in [4.78, 5) is 2.67. The highest BCUT2D eigenvalue weighted by Gasteiger charge is 2.29. The topological polar surface area (TPSA) is 3.24 Å². The average molecular weight is 410 g/mol. The smallest absolute Gasteiger partial charge is 0.0207 e. The van der Waals surface area contributed by atoms with Crippen LogP contribution in [-0.2, 0) is 0 Å². The van der Waals surface area contributed by atoms with Crippen LogP contribution in [-0.4, -0.2) is 24.0 Å². The normalized spacial score (nSPS) is 15.6. The molecule has 0 radical (unpaired) electrons. The molecule has 0 N–H and O–H groups in total. The highest BCUT2D eigenvalue weighted by Crippen LogP contribution is 2.39. The summed E-state index contributed by atoms with van der Waals surface area (Å²) in [6.07, 6.45) is 0. The summed E-state index contributed by atoms with van der Waals surface area (Å²) in [5.74, 6) is 3.30. The van der Waals surface area contributed by atoms with Crippen LogP contribution in [0.4, 0.5) is 0 Å². The largest absolute Gasteiger partial charge is 0.293 e. The van der Waals surface area contributed by atoms with Gasteiger partial charge >= 0.3 is 0 Å². The Morgan fingerprint density at radius 1 is 0.517 bits per heavy atom. The summed E-state index contributed by atoms with van der Waals surface area (Å²) in [5.41, 5.74) is 6.67. The summed E-state index contributed by atoms with van der Waals surface area (Å²) in [5, 5.41) is 0. The molecular weight excluding hydrogens is 350 g/mol. The van der Waals surface area contributed by atoms with E-state index in [0.717, 1.165) is 19.0 Å². The predicted molar refractivity (Wildman–Crippen MR) is 139 cm³/mol. The Labute approximate surface area is 187 Å². The zero-order valence-corrected chi connectivity index (χ0v) is 22.3. The molecule has 0 atom stereocenters. The molecule has 1 nitrogen and oxygen atoms in total. The molecule has 1 heteroatoms. The second kappa shape index (κ2) is 16.2. The molecule has 0 aromatic heterocycles. The standard InChI is InChI=1S/C21H39N.C4H10.C2H6.CH4/c1-13(2)18-11-22(17(9)10)12-19(14(3)4)21(16(7)8)20(18)15(5)6;1-4(2)3;1-2;/h13-17H,11-12H2,1-10H3;4H,1-3H3;1-2H3;1H4. The van der Waals surface area contributed by atoms with E-state index in [9.17, 15) is 0 Å². The minimum atomic E-state index is 0. The van der Waals surface area contributed by atoms with Crippen LogP contribution in [0.1, 0.15) is 111 Å². The van der Waals surface area contributed by atoms with Gasteiger partial charge in [0.2, 0.25) is 0 Å². The van der Waals surface area contributed by atoms with Crippen molar-refractivity contribution in [2.45, 2.75) is 117 Å². The molecule has 0 aromatic carbocycles. The van der Waals surface area contributed by atoms with Crippen LogP contribution in [0.25, 0.3) is 0 Å². The van der Waals surface area contributed by atoms with Gasteiger partial charge in [-0.2, -0.15) is 0 Å². The lowest BCUT2D eigenvalue weighted by Gasteiger charge is -2.29. The second-order valence-electron chi connectivity index (χ2n) is 10.2. The van der Waals surface area contributed by atoms with Gasteiger partial charge in [-0.3, -0.25) is 4.90 Å². The van der Waals surface area contributed by atoms with Gasteiger partial charge in [0.1, 0.15) is 0 Å². The molecular formula is C28H59N. The highest BCUT2D eigenvalue weighted by molar-refractivity contribution is 5.45. The van der Waals surface area contributed by atoms with E-state index in [-0.39, 0.29) is 7.43 Å². The van der Waals surface area contributed by atoms with Gasteiger partial charge in [0, 0.05) is 19.1 Å². The van der Waals surface area contributed by atoms with E-state index in [1.165, 1.54) is 0 Å². The Hall–Kier alpha value is -0.560. The number of allylic oxidation sites excluding steroid dienone is 2. The molecule has 0 saturated heterocycles. The van der Waals surface area contributed by atoms with Crippen molar-refractivity contribution in [1.82, 2.24) is 4.90 Å². The first-order chi connectivity index (χ1) is 12.8. The monoisotopic (exact) mass is 409 g/mol. The first-order valence-corrected chi connectivity index (χ1v) is 12.0. The molecule has 0 amide bonds. The Morgan fingerprint density at radius 3 is 0.897 bits per heavy atom. The molecule has 29 heavy (non-hydrogen) atoms. The Morgan fingerprint density at radius 2 is 0.759 bits per heavy atom. The van der Waals surface area contributed by atoms with Crippen LogP contribution in [0.2, 0.25) is 0 Å². The van der Waals surface area contributed by atoms with Crippen LogP contribution in [0.5, 0.6) is 0 Å². The lowest BCUT2D eigenvalue weighted by molar-refractivity contribution is 0.250. The summed E-state index contributed by atoms with van der Waals surface area (Å²) in [6, 6.07) is 0.599. The van der Waals surface area contributed by atoms with Crippen molar-refractivity contribution < 1.29 is 0 Å². The molecule has 0 aliphatic carbocycles. The maximum atomic E-state index is 2.67. The highest BCUT2D eigenvalue weighted by atomic mass is 15.1. The number of rotatable bonds is 5. The molecule has 0 spiro atoms. The second-order valence-corrected chi connectivity index (χ2v) is 10.2. The van der Waals surface area contributed by atoms with Crippen molar-refractivity contribution >= 4 is 0 Å². The van der Waals surface area contributed by atoms with E-state index < -0.39 is 0 Å². The Bertz CT molecular complexity index is 432. The maximum absolute atomic E-state index is 2.67. The van der Waals surface area contributed by atoms with E-state index in [1.807, 2.05) is 13.8 Å². The van der Waals surface area contributed by atoms with Gasteiger partial charge in [0.15, 0.2) is 0 Å². The van der Waals surface area contributed by atoms with E-state index in [4.69, 9.17) is 0 Å². The third kappa shape index (κ3) is 11.4. The molecule has 176 valence electrons. The van der Waals surface area contributed by atoms with Crippen molar-refractivity contribution in [2.75, 3.05) is 13.1 Å². The Balaban J connectivity index is -0.000000858. The van der Waals surface area contributed by atoms with E-state index >= 15 is 0 Å². The summed E-state index contributed by atoms with van der Waals surface area (Å²) in [7, 11) is 0. The van der Waals surface area contributed by atoms with Crippen molar-refractivity contribution in [3.05, 3.63) is 22.3 Å². The average Bonchev–Trinajstić information content (AvgIpc) is 2.73. The van der Waals surface area contributed by atoms with Gasteiger partial charge in [-0.25, -0.2) is 0 Å². The fourth-order valence-corrected chi connectivity index (χ4v) is 3.73. The lowest BCUT2D eigenvalue weighted by atomic mass is 9.78. The fraction of sp³-hybridized carbons (Fsp3) is 0.857. The van der Waals surface area contributed by atoms with Gasteiger partial charge in [-0.05, 0) is 65.7 Å². The SMILES string of the molecule is C.CC.CC(C)C.CC(C)C1=C(C(C)C)C(C(C)C)=C(C(C)C)CN(C(C)C)C1. The van der Waals surface area contributed by atoms with E-state index in [2.05, 4.69) is 94.9 Å². The summed E-state index contributed by atoms with van der Waals surface area (Å²) in [6.45, 7) is 36.4. The third-order valence-corrected chi connectivity index (χ3v) is 5.01. The molecule has 0 bridgehead atoms. The van der Waals surface area contributed by atoms with Gasteiger partial charge in [-0.15, -0.1) is 0 Å². The van der Waals surface area contributed by atoms with Crippen LogP contribution >= 0.6 is 0 Å². The molecule has 0 unspecified atom stereocenters.